The fraction of sp³-hybridized carbons (Fsp3) is 0.714. The van der Waals surface area contributed by atoms with Crippen LogP contribution in [0, 0.1) is 20.8 Å². The molecular weight excluding hydrogens is 505 g/mol. The predicted molar refractivity (Wildman–Crippen MR) is 135 cm³/mol. The second-order valence-electron chi connectivity index (χ2n) is 8.12. The maximum absolute atomic E-state index is 4.78. The molecule has 0 aromatic carbocycles. The fourth-order valence-electron chi connectivity index (χ4n) is 4.01. The van der Waals surface area contributed by atoms with Crippen LogP contribution in [0.3, 0.4) is 0 Å². The molecule has 1 atom stereocenters. The van der Waals surface area contributed by atoms with E-state index in [0.29, 0.717) is 12.6 Å². The average Bonchev–Trinajstić information content (AvgIpc) is 3.40. The zero-order chi connectivity index (χ0) is 21.5. The quantitative estimate of drug-likeness (QED) is 0.218. The van der Waals surface area contributed by atoms with E-state index in [2.05, 4.69) is 55.4 Å². The molecule has 9 nitrogen and oxygen atoms in total. The summed E-state index contributed by atoms with van der Waals surface area (Å²) in [6, 6.07) is 2.69. The van der Waals surface area contributed by atoms with Gasteiger partial charge in [-0.1, -0.05) is 6.92 Å². The summed E-state index contributed by atoms with van der Waals surface area (Å²) in [6.45, 7) is 13.8. The van der Waals surface area contributed by atoms with Crippen LogP contribution < -0.4 is 10.6 Å². The van der Waals surface area contributed by atoms with Gasteiger partial charge in [0, 0.05) is 38.4 Å². The van der Waals surface area contributed by atoms with Gasteiger partial charge < -0.3 is 15.2 Å². The molecule has 10 heteroatoms. The van der Waals surface area contributed by atoms with Crippen molar-refractivity contribution in [3.63, 3.8) is 0 Å². The van der Waals surface area contributed by atoms with Gasteiger partial charge in [0.05, 0.1) is 5.69 Å². The van der Waals surface area contributed by atoms with Gasteiger partial charge in [-0.25, -0.2) is 4.99 Å². The monoisotopic (exact) mass is 543 g/mol. The highest BCUT2D eigenvalue weighted by atomic mass is 127. The van der Waals surface area contributed by atoms with Crippen molar-refractivity contribution in [2.45, 2.75) is 66.1 Å². The molecule has 0 bridgehead atoms. The predicted octanol–water partition coefficient (Wildman–Crippen LogP) is 2.16. The number of aliphatic imine (C=N–C) groups is 1. The van der Waals surface area contributed by atoms with Crippen LogP contribution in [0.5, 0.6) is 0 Å². The first-order chi connectivity index (χ1) is 14.5. The first-order valence-electron chi connectivity index (χ1n) is 11.1. The van der Waals surface area contributed by atoms with Crippen LogP contribution in [0.4, 0.5) is 0 Å². The van der Waals surface area contributed by atoms with Gasteiger partial charge in [0.25, 0.3) is 0 Å². The van der Waals surface area contributed by atoms with Crippen molar-refractivity contribution in [1.82, 2.24) is 40.1 Å². The van der Waals surface area contributed by atoms with Crippen molar-refractivity contribution in [3.8, 4) is 0 Å². The molecule has 174 valence electrons. The maximum atomic E-state index is 4.78. The van der Waals surface area contributed by atoms with Crippen LogP contribution in [0.2, 0.25) is 0 Å². The molecular formula is C21H38IN9. The molecule has 0 aliphatic carbocycles. The van der Waals surface area contributed by atoms with Crippen LogP contribution in [-0.4, -0.2) is 67.6 Å². The zero-order valence-corrected chi connectivity index (χ0v) is 21.9. The summed E-state index contributed by atoms with van der Waals surface area (Å²) in [6.07, 6.45) is 3.51. The minimum Gasteiger partial charge on any atom is -0.356 e. The van der Waals surface area contributed by atoms with E-state index in [1.807, 2.05) is 25.5 Å². The lowest BCUT2D eigenvalue weighted by Gasteiger charge is -2.24. The number of rotatable bonds is 9. The summed E-state index contributed by atoms with van der Waals surface area (Å²) in [5.41, 5.74) is 2.28. The summed E-state index contributed by atoms with van der Waals surface area (Å²) in [5.74, 6) is 2.61. The Morgan fingerprint density at radius 1 is 1.23 bits per heavy atom. The third-order valence-corrected chi connectivity index (χ3v) is 5.91. The number of aryl methyl sites for hydroxylation is 4. The van der Waals surface area contributed by atoms with Crippen molar-refractivity contribution >= 4 is 29.9 Å². The van der Waals surface area contributed by atoms with Crippen molar-refractivity contribution in [2.24, 2.45) is 12.0 Å². The molecule has 1 unspecified atom stereocenters. The SMILES string of the molecule is CCN1CCCC1CNC(=NCc1nnc(C)n1C)NCCCn1nc(C)cc1C.I. The van der Waals surface area contributed by atoms with Gasteiger partial charge >= 0.3 is 0 Å². The number of hydrogen-bond acceptors (Lipinski definition) is 5. The molecule has 1 fully saturated rings. The normalized spacial score (nSPS) is 17.1. The van der Waals surface area contributed by atoms with E-state index >= 15 is 0 Å². The Kier molecular flexibility index (Phi) is 10.2. The minimum atomic E-state index is 0. The van der Waals surface area contributed by atoms with Gasteiger partial charge in [-0.15, -0.1) is 34.2 Å². The second kappa shape index (κ2) is 12.4. The summed E-state index contributed by atoms with van der Waals surface area (Å²) < 4.78 is 4.06. The van der Waals surface area contributed by atoms with E-state index in [1.54, 1.807) is 0 Å². The highest BCUT2D eigenvalue weighted by Gasteiger charge is 2.22. The fourth-order valence-corrected chi connectivity index (χ4v) is 4.01. The summed E-state index contributed by atoms with van der Waals surface area (Å²) >= 11 is 0. The van der Waals surface area contributed by atoms with Crippen LogP contribution in [0.15, 0.2) is 11.1 Å². The van der Waals surface area contributed by atoms with Gasteiger partial charge in [0.1, 0.15) is 12.4 Å². The van der Waals surface area contributed by atoms with E-state index in [-0.39, 0.29) is 24.0 Å². The van der Waals surface area contributed by atoms with Gasteiger partial charge in [-0.2, -0.15) is 5.10 Å². The molecule has 31 heavy (non-hydrogen) atoms. The largest absolute Gasteiger partial charge is 0.356 e. The third kappa shape index (κ3) is 7.16. The van der Waals surface area contributed by atoms with Crippen LogP contribution >= 0.6 is 24.0 Å². The van der Waals surface area contributed by atoms with Gasteiger partial charge in [-0.05, 0) is 59.2 Å². The van der Waals surface area contributed by atoms with E-state index in [1.165, 1.54) is 25.1 Å². The second-order valence-corrected chi connectivity index (χ2v) is 8.12. The Balaban J connectivity index is 0.00000341. The Labute approximate surface area is 203 Å². The van der Waals surface area contributed by atoms with Crippen molar-refractivity contribution in [1.29, 1.82) is 0 Å². The lowest BCUT2D eigenvalue weighted by atomic mass is 10.2. The maximum Gasteiger partial charge on any atom is 0.191 e. The molecule has 1 saturated heterocycles. The van der Waals surface area contributed by atoms with Crippen LogP contribution in [-0.2, 0) is 20.1 Å². The standard InChI is InChI=1S/C21H37N9.HI/c1-6-29-11-7-9-19(29)14-23-21(24-15-20-26-25-18(4)28(20)5)22-10-8-12-30-17(3)13-16(2)27-30;/h13,19H,6-12,14-15H2,1-5H3,(H2,22,23,24);1H. The zero-order valence-electron chi connectivity index (χ0n) is 19.6. The number of nitrogens with one attached hydrogen (secondary N) is 2. The molecule has 0 radical (unpaired) electrons. The Morgan fingerprint density at radius 3 is 2.68 bits per heavy atom. The molecule has 3 heterocycles. The highest BCUT2D eigenvalue weighted by molar-refractivity contribution is 14.0. The topological polar surface area (TPSA) is 88.2 Å². The van der Waals surface area contributed by atoms with Gasteiger partial charge in [0.2, 0.25) is 0 Å². The molecule has 2 aromatic rings. The van der Waals surface area contributed by atoms with E-state index < -0.39 is 0 Å². The van der Waals surface area contributed by atoms with Crippen molar-refractivity contribution in [3.05, 3.63) is 29.1 Å². The first-order valence-corrected chi connectivity index (χ1v) is 11.1. The molecule has 1 aliphatic rings. The Hall–Kier alpha value is -1.69. The number of guanidine groups is 1. The average molecular weight is 544 g/mol. The Bertz CT molecular complexity index is 842. The molecule has 3 rings (SSSR count). The molecule has 0 saturated carbocycles. The highest BCUT2D eigenvalue weighted by Crippen LogP contribution is 2.15. The van der Waals surface area contributed by atoms with Crippen molar-refractivity contribution < 1.29 is 0 Å². The van der Waals surface area contributed by atoms with Crippen LogP contribution in [0.1, 0.15) is 49.2 Å². The van der Waals surface area contributed by atoms with Gasteiger partial charge in [-0.3, -0.25) is 9.58 Å². The smallest absolute Gasteiger partial charge is 0.191 e. The number of halogens is 1. The molecule has 1 aliphatic heterocycles. The van der Waals surface area contributed by atoms with E-state index in [0.717, 1.165) is 55.9 Å². The first kappa shape index (κ1) is 25.6. The third-order valence-electron chi connectivity index (χ3n) is 5.91. The number of hydrogen-bond donors (Lipinski definition) is 2. The van der Waals surface area contributed by atoms with Crippen LogP contribution in [0.25, 0.3) is 0 Å². The van der Waals surface area contributed by atoms with Crippen molar-refractivity contribution in [2.75, 3.05) is 26.2 Å². The Morgan fingerprint density at radius 2 is 2.03 bits per heavy atom. The molecule has 0 spiro atoms. The molecule has 0 amide bonds. The summed E-state index contributed by atoms with van der Waals surface area (Å²) in [4.78, 5) is 7.32. The van der Waals surface area contributed by atoms with Gasteiger partial charge in [0.15, 0.2) is 11.8 Å². The van der Waals surface area contributed by atoms with E-state index in [4.69, 9.17) is 4.99 Å². The summed E-state index contributed by atoms with van der Waals surface area (Å²) in [7, 11) is 1.98. The molecule has 2 aromatic heterocycles. The molecule has 2 N–H and O–H groups in total. The number of likely N-dealkylation sites (N-methyl/N-ethyl adjacent to an activating group) is 1. The lowest BCUT2D eigenvalue weighted by Crippen LogP contribution is -2.45. The lowest BCUT2D eigenvalue weighted by molar-refractivity contribution is 0.267. The minimum absolute atomic E-state index is 0. The summed E-state index contributed by atoms with van der Waals surface area (Å²) in [5, 5.41) is 19.9. The number of nitrogens with zero attached hydrogens (tertiary/aromatic N) is 7. The van der Waals surface area contributed by atoms with E-state index in [9.17, 15) is 0 Å². The number of likely N-dealkylation sites (tertiary alicyclic amines) is 1. The number of aromatic nitrogens is 5.